The molecule has 19 heavy (non-hydrogen) atoms. The fraction of sp³-hybridized carbons (Fsp3) is 0.533. The predicted octanol–water partition coefficient (Wildman–Crippen LogP) is 5.03. The summed E-state index contributed by atoms with van der Waals surface area (Å²) in [6.45, 7) is 8.27. The van der Waals surface area contributed by atoms with Crippen molar-refractivity contribution in [2.45, 2.75) is 52.6 Å². The Morgan fingerprint density at radius 3 is 2.16 bits per heavy atom. The van der Waals surface area contributed by atoms with Gasteiger partial charge in [0.2, 0.25) is 0 Å². The number of rotatable bonds is 5. The Labute approximate surface area is 125 Å². The van der Waals surface area contributed by atoms with E-state index in [1.165, 1.54) is 0 Å². The number of halogens is 2. The average molecular weight is 302 g/mol. The minimum Gasteiger partial charge on any atom is -0.333 e. The first kappa shape index (κ1) is 16.3. The molecule has 0 N–H and O–H groups in total. The lowest BCUT2D eigenvalue weighted by atomic mass is 10.1. The molecule has 4 heteroatoms. The maximum atomic E-state index is 12.7. The van der Waals surface area contributed by atoms with E-state index in [9.17, 15) is 4.79 Å². The molecule has 0 heterocycles. The van der Waals surface area contributed by atoms with Crippen LogP contribution in [0.1, 0.15) is 50.9 Å². The molecule has 0 aliphatic carbocycles. The van der Waals surface area contributed by atoms with Crippen LogP contribution < -0.4 is 0 Å². The van der Waals surface area contributed by atoms with Crippen molar-refractivity contribution < 1.29 is 4.79 Å². The summed E-state index contributed by atoms with van der Waals surface area (Å²) in [6.07, 6.45) is 1.82. The molecule has 0 bridgehead atoms. The minimum absolute atomic E-state index is 0.0452. The van der Waals surface area contributed by atoms with Crippen molar-refractivity contribution in [2.24, 2.45) is 0 Å². The van der Waals surface area contributed by atoms with Gasteiger partial charge in [-0.25, -0.2) is 0 Å². The van der Waals surface area contributed by atoms with E-state index in [0.29, 0.717) is 15.6 Å². The lowest BCUT2D eigenvalue weighted by Crippen LogP contribution is -2.44. The monoisotopic (exact) mass is 301 g/mol. The largest absolute Gasteiger partial charge is 0.333 e. The number of hydrogen-bond donors (Lipinski definition) is 0. The lowest BCUT2D eigenvalue weighted by Gasteiger charge is -2.34. The fourth-order valence-electron chi connectivity index (χ4n) is 2.03. The summed E-state index contributed by atoms with van der Waals surface area (Å²) in [7, 11) is 0. The van der Waals surface area contributed by atoms with Crippen LogP contribution in [0.15, 0.2) is 18.2 Å². The Kier molecular flexibility index (Phi) is 6.15. The van der Waals surface area contributed by atoms with Crippen molar-refractivity contribution >= 4 is 29.1 Å². The van der Waals surface area contributed by atoms with E-state index in [4.69, 9.17) is 23.2 Å². The molecule has 0 aliphatic rings. The molecule has 0 spiro atoms. The van der Waals surface area contributed by atoms with E-state index in [0.717, 1.165) is 12.8 Å². The highest BCUT2D eigenvalue weighted by Gasteiger charge is 2.26. The molecule has 0 unspecified atom stereocenters. The third-order valence-corrected chi connectivity index (χ3v) is 4.09. The van der Waals surface area contributed by atoms with Crippen LogP contribution in [0.3, 0.4) is 0 Å². The second kappa shape index (κ2) is 7.16. The average Bonchev–Trinajstić information content (AvgIpc) is 2.40. The molecule has 2 atom stereocenters. The van der Waals surface area contributed by atoms with Gasteiger partial charge in [0, 0.05) is 17.1 Å². The number of benzene rings is 1. The summed E-state index contributed by atoms with van der Waals surface area (Å²) in [5.41, 5.74) is 0.481. The summed E-state index contributed by atoms with van der Waals surface area (Å²) < 4.78 is 0. The molecular formula is C15H21Cl2NO. The van der Waals surface area contributed by atoms with Crippen molar-refractivity contribution in [2.75, 3.05) is 0 Å². The van der Waals surface area contributed by atoms with Gasteiger partial charge in [-0.2, -0.15) is 0 Å². The zero-order chi connectivity index (χ0) is 14.6. The molecule has 106 valence electrons. The van der Waals surface area contributed by atoms with Gasteiger partial charge < -0.3 is 4.90 Å². The molecule has 1 rings (SSSR count). The molecule has 0 radical (unpaired) electrons. The highest BCUT2D eigenvalue weighted by atomic mass is 35.5. The van der Waals surface area contributed by atoms with Crippen molar-refractivity contribution in [1.82, 2.24) is 4.90 Å². The van der Waals surface area contributed by atoms with Crippen LogP contribution in [-0.2, 0) is 0 Å². The number of hydrogen-bond acceptors (Lipinski definition) is 1. The fourth-order valence-corrected chi connectivity index (χ4v) is 2.40. The van der Waals surface area contributed by atoms with Gasteiger partial charge in [0.25, 0.3) is 5.91 Å². The molecule has 0 aromatic heterocycles. The van der Waals surface area contributed by atoms with E-state index in [1.807, 2.05) is 4.90 Å². The first-order valence-electron chi connectivity index (χ1n) is 6.70. The third kappa shape index (κ3) is 3.87. The zero-order valence-electron chi connectivity index (χ0n) is 11.9. The Hall–Kier alpha value is -0.730. The van der Waals surface area contributed by atoms with Gasteiger partial charge in [-0.1, -0.05) is 37.0 Å². The smallest absolute Gasteiger partial charge is 0.255 e. The molecule has 0 aliphatic heterocycles. The topological polar surface area (TPSA) is 20.3 Å². The van der Waals surface area contributed by atoms with Crippen molar-refractivity contribution in [3.8, 4) is 0 Å². The molecule has 0 saturated carbocycles. The van der Waals surface area contributed by atoms with Gasteiger partial charge in [0.15, 0.2) is 0 Å². The van der Waals surface area contributed by atoms with Crippen LogP contribution >= 0.6 is 23.2 Å². The number of nitrogens with zero attached hydrogens (tertiary/aromatic N) is 1. The summed E-state index contributed by atoms with van der Waals surface area (Å²) in [5.74, 6) is -0.0452. The van der Waals surface area contributed by atoms with Crippen LogP contribution in [0, 0.1) is 0 Å². The van der Waals surface area contributed by atoms with Crippen LogP contribution in [0.5, 0.6) is 0 Å². The third-order valence-electron chi connectivity index (χ3n) is 3.52. The summed E-state index contributed by atoms with van der Waals surface area (Å²) in [6, 6.07) is 5.36. The maximum Gasteiger partial charge on any atom is 0.255 e. The number of carbonyl (C=O) groups is 1. The van der Waals surface area contributed by atoms with Crippen molar-refractivity contribution in [3.63, 3.8) is 0 Å². The second-order valence-corrected chi connectivity index (χ2v) is 5.69. The molecule has 0 fully saturated rings. The van der Waals surface area contributed by atoms with E-state index in [2.05, 4.69) is 27.7 Å². The van der Waals surface area contributed by atoms with Gasteiger partial charge in [-0.05, 0) is 44.9 Å². The van der Waals surface area contributed by atoms with Gasteiger partial charge in [0.1, 0.15) is 0 Å². The zero-order valence-corrected chi connectivity index (χ0v) is 13.4. The van der Waals surface area contributed by atoms with Gasteiger partial charge in [-0.15, -0.1) is 0 Å². The first-order chi connectivity index (χ1) is 8.92. The van der Waals surface area contributed by atoms with Crippen LogP contribution in [0.2, 0.25) is 10.0 Å². The highest BCUT2D eigenvalue weighted by molar-refractivity contribution is 6.35. The number of carbonyl (C=O) groups excluding carboxylic acids is 1. The van der Waals surface area contributed by atoms with Crippen LogP contribution in [-0.4, -0.2) is 22.9 Å². The van der Waals surface area contributed by atoms with E-state index >= 15 is 0 Å². The lowest BCUT2D eigenvalue weighted by molar-refractivity contribution is 0.0598. The molecule has 1 aromatic rings. The molecule has 1 amide bonds. The summed E-state index contributed by atoms with van der Waals surface area (Å²) >= 11 is 12.1. The van der Waals surface area contributed by atoms with E-state index in [-0.39, 0.29) is 18.0 Å². The van der Waals surface area contributed by atoms with Crippen molar-refractivity contribution in [3.05, 3.63) is 33.8 Å². The number of amides is 1. The Morgan fingerprint density at radius 2 is 1.68 bits per heavy atom. The Balaban J connectivity index is 3.15. The predicted molar refractivity (Wildman–Crippen MR) is 82.1 cm³/mol. The first-order valence-corrected chi connectivity index (χ1v) is 7.45. The normalized spacial score (nSPS) is 14.0. The molecule has 0 saturated heterocycles. The SMILES string of the molecule is CC[C@@H](C)N(C(=O)c1cc(Cl)ccc1Cl)[C@H](C)CC. The molecule has 1 aromatic carbocycles. The van der Waals surface area contributed by atoms with E-state index in [1.54, 1.807) is 18.2 Å². The minimum atomic E-state index is -0.0452. The molecular weight excluding hydrogens is 281 g/mol. The van der Waals surface area contributed by atoms with Gasteiger partial charge in [0.05, 0.1) is 10.6 Å². The van der Waals surface area contributed by atoms with Crippen molar-refractivity contribution in [1.29, 1.82) is 0 Å². The summed E-state index contributed by atoms with van der Waals surface area (Å²) in [5, 5.41) is 0.979. The maximum absolute atomic E-state index is 12.7. The van der Waals surface area contributed by atoms with Gasteiger partial charge in [-0.3, -0.25) is 4.79 Å². The van der Waals surface area contributed by atoms with Gasteiger partial charge >= 0.3 is 0 Å². The highest BCUT2D eigenvalue weighted by Crippen LogP contribution is 2.24. The van der Waals surface area contributed by atoms with Crippen LogP contribution in [0.4, 0.5) is 0 Å². The quantitative estimate of drug-likeness (QED) is 0.746. The Morgan fingerprint density at radius 1 is 1.16 bits per heavy atom. The Bertz CT molecular complexity index is 438. The van der Waals surface area contributed by atoms with E-state index < -0.39 is 0 Å². The molecule has 2 nitrogen and oxygen atoms in total. The standard InChI is InChI=1S/C15H21Cl2NO/c1-5-10(3)18(11(4)6-2)15(19)13-9-12(16)7-8-14(13)17/h7-11H,5-6H2,1-4H3/t10-,11-/m1/s1. The summed E-state index contributed by atoms with van der Waals surface area (Å²) in [4.78, 5) is 14.6. The van der Waals surface area contributed by atoms with Crippen LogP contribution in [0.25, 0.3) is 0 Å². The second-order valence-electron chi connectivity index (χ2n) is 4.85.